The van der Waals surface area contributed by atoms with E-state index >= 15 is 0 Å². The summed E-state index contributed by atoms with van der Waals surface area (Å²) in [5.41, 5.74) is -0.235. The van der Waals surface area contributed by atoms with Gasteiger partial charge >= 0.3 is 6.03 Å². The number of nitrogens with zero attached hydrogens (tertiary/aromatic N) is 1. The van der Waals surface area contributed by atoms with Gasteiger partial charge in [-0.25, -0.2) is 9.18 Å². The zero-order chi connectivity index (χ0) is 17.6. The van der Waals surface area contributed by atoms with E-state index in [1.807, 2.05) is 6.07 Å². The Hall–Kier alpha value is -2.41. The van der Waals surface area contributed by atoms with Crippen molar-refractivity contribution in [2.45, 2.75) is 18.5 Å². The molecule has 1 saturated heterocycles. The molecule has 25 heavy (non-hydrogen) atoms. The third kappa shape index (κ3) is 2.50. The third-order valence-electron chi connectivity index (χ3n) is 4.59. The highest BCUT2D eigenvalue weighted by atomic mass is 79.9. The molecule has 5 nitrogen and oxygen atoms in total. The number of benzene rings is 2. The SMILES string of the molecule is O=C1NC2(CCOc3ccccc32)C(=O)N1Cc1cc(Br)ccc1F. The molecule has 2 aliphatic rings. The number of fused-ring (bicyclic) bond motifs is 2. The Balaban J connectivity index is 1.71. The van der Waals surface area contributed by atoms with E-state index < -0.39 is 17.4 Å². The molecule has 0 aliphatic carbocycles. The summed E-state index contributed by atoms with van der Waals surface area (Å²) in [6.45, 7) is 0.197. The van der Waals surface area contributed by atoms with Crippen LogP contribution in [0.5, 0.6) is 5.75 Å². The van der Waals surface area contributed by atoms with Crippen LogP contribution < -0.4 is 10.1 Å². The molecule has 7 heteroatoms. The zero-order valence-corrected chi connectivity index (χ0v) is 14.7. The van der Waals surface area contributed by atoms with Crippen molar-refractivity contribution in [1.82, 2.24) is 10.2 Å². The van der Waals surface area contributed by atoms with Crippen LogP contribution in [0.3, 0.4) is 0 Å². The first kappa shape index (κ1) is 16.1. The van der Waals surface area contributed by atoms with E-state index in [-0.39, 0.29) is 18.0 Å². The van der Waals surface area contributed by atoms with Crippen molar-refractivity contribution in [2.24, 2.45) is 0 Å². The molecule has 2 aliphatic heterocycles. The highest BCUT2D eigenvalue weighted by molar-refractivity contribution is 9.10. The topological polar surface area (TPSA) is 58.6 Å². The predicted octanol–water partition coefficient (Wildman–Crippen LogP) is 3.32. The van der Waals surface area contributed by atoms with E-state index in [0.717, 1.165) is 4.90 Å². The van der Waals surface area contributed by atoms with Crippen molar-refractivity contribution in [2.75, 3.05) is 6.61 Å². The van der Waals surface area contributed by atoms with Gasteiger partial charge in [-0.05, 0) is 24.3 Å². The average molecular weight is 405 g/mol. The number of para-hydroxylation sites is 1. The maximum Gasteiger partial charge on any atom is 0.325 e. The number of carbonyl (C=O) groups is 2. The van der Waals surface area contributed by atoms with Crippen LogP contribution in [0.2, 0.25) is 0 Å². The Morgan fingerprint density at radius 3 is 2.88 bits per heavy atom. The van der Waals surface area contributed by atoms with Gasteiger partial charge in [-0.2, -0.15) is 0 Å². The number of amides is 3. The molecule has 0 radical (unpaired) electrons. The molecule has 2 aromatic carbocycles. The van der Waals surface area contributed by atoms with E-state index in [4.69, 9.17) is 4.74 Å². The van der Waals surface area contributed by atoms with Crippen LogP contribution in [0.15, 0.2) is 46.9 Å². The fourth-order valence-corrected chi connectivity index (χ4v) is 3.76. The van der Waals surface area contributed by atoms with Crippen molar-refractivity contribution in [3.63, 3.8) is 0 Å². The number of carbonyl (C=O) groups excluding carboxylic acids is 2. The maximum absolute atomic E-state index is 14.0. The molecule has 2 heterocycles. The summed E-state index contributed by atoms with van der Waals surface area (Å²) in [6.07, 6.45) is 0.339. The van der Waals surface area contributed by atoms with Gasteiger partial charge in [-0.3, -0.25) is 9.69 Å². The van der Waals surface area contributed by atoms with Crippen molar-refractivity contribution in [3.05, 3.63) is 63.9 Å². The monoisotopic (exact) mass is 404 g/mol. The number of halogens is 2. The Morgan fingerprint density at radius 1 is 1.24 bits per heavy atom. The summed E-state index contributed by atoms with van der Waals surface area (Å²) in [6, 6.07) is 11.1. The number of nitrogens with one attached hydrogen (secondary N) is 1. The van der Waals surface area contributed by atoms with Crippen molar-refractivity contribution >= 4 is 27.9 Å². The van der Waals surface area contributed by atoms with Crippen LogP contribution in [-0.4, -0.2) is 23.4 Å². The van der Waals surface area contributed by atoms with Gasteiger partial charge in [0.1, 0.15) is 11.6 Å². The van der Waals surface area contributed by atoms with E-state index in [9.17, 15) is 14.0 Å². The summed E-state index contributed by atoms with van der Waals surface area (Å²) in [5.74, 6) is -0.261. The third-order valence-corrected chi connectivity index (χ3v) is 5.09. The minimum absolute atomic E-state index is 0.124. The van der Waals surface area contributed by atoms with Crippen LogP contribution in [0.1, 0.15) is 17.5 Å². The minimum Gasteiger partial charge on any atom is -0.493 e. The molecular formula is C18H14BrFN2O3. The van der Waals surface area contributed by atoms with Gasteiger partial charge in [0.15, 0.2) is 5.54 Å². The molecule has 1 atom stereocenters. The lowest BCUT2D eigenvalue weighted by molar-refractivity contribution is -0.133. The van der Waals surface area contributed by atoms with E-state index in [0.29, 0.717) is 28.8 Å². The van der Waals surface area contributed by atoms with Gasteiger partial charge in [0, 0.05) is 22.0 Å². The highest BCUT2D eigenvalue weighted by Gasteiger charge is 2.54. The molecule has 1 unspecified atom stereocenters. The number of imide groups is 1. The van der Waals surface area contributed by atoms with Gasteiger partial charge in [0.05, 0.1) is 13.2 Å². The van der Waals surface area contributed by atoms with Gasteiger partial charge in [0.25, 0.3) is 5.91 Å². The van der Waals surface area contributed by atoms with Crippen molar-refractivity contribution in [3.8, 4) is 5.75 Å². The normalized spacial score (nSPS) is 21.9. The van der Waals surface area contributed by atoms with Gasteiger partial charge < -0.3 is 10.1 Å². The molecule has 0 bridgehead atoms. The minimum atomic E-state index is -1.14. The van der Waals surface area contributed by atoms with Crippen LogP contribution in [0, 0.1) is 5.82 Å². The summed E-state index contributed by atoms with van der Waals surface area (Å²) >= 11 is 3.28. The van der Waals surface area contributed by atoms with Crippen molar-refractivity contribution in [1.29, 1.82) is 0 Å². The van der Waals surface area contributed by atoms with E-state index in [1.165, 1.54) is 6.07 Å². The number of hydrogen-bond donors (Lipinski definition) is 1. The number of urea groups is 1. The van der Waals surface area contributed by atoms with Crippen LogP contribution >= 0.6 is 15.9 Å². The van der Waals surface area contributed by atoms with E-state index in [2.05, 4.69) is 21.2 Å². The van der Waals surface area contributed by atoms with E-state index in [1.54, 1.807) is 30.3 Å². The molecule has 1 N–H and O–H groups in total. The molecule has 0 aromatic heterocycles. The first-order chi connectivity index (χ1) is 12.0. The number of hydrogen-bond acceptors (Lipinski definition) is 3. The van der Waals surface area contributed by atoms with Gasteiger partial charge in [0.2, 0.25) is 0 Å². The number of ether oxygens (including phenoxy) is 1. The first-order valence-corrected chi connectivity index (χ1v) is 8.61. The summed E-state index contributed by atoms with van der Waals surface area (Å²) in [4.78, 5) is 26.7. The molecule has 128 valence electrons. The number of rotatable bonds is 2. The second-order valence-corrected chi connectivity index (χ2v) is 6.97. The molecule has 1 fully saturated rings. The summed E-state index contributed by atoms with van der Waals surface area (Å²) < 4.78 is 20.3. The van der Waals surface area contributed by atoms with Crippen LogP contribution in [0.4, 0.5) is 9.18 Å². The summed E-state index contributed by atoms with van der Waals surface area (Å²) in [7, 11) is 0. The maximum atomic E-state index is 14.0. The largest absolute Gasteiger partial charge is 0.493 e. The highest BCUT2D eigenvalue weighted by Crippen LogP contribution is 2.41. The Morgan fingerprint density at radius 2 is 2.04 bits per heavy atom. The van der Waals surface area contributed by atoms with Crippen molar-refractivity contribution < 1.29 is 18.7 Å². The van der Waals surface area contributed by atoms with Gasteiger partial charge in [-0.15, -0.1) is 0 Å². The Kier molecular flexibility index (Phi) is 3.76. The predicted molar refractivity (Wildman–Crippen MR) is 91.4 cm³/mol. The Bertz CT molecular complexity index is 888. The lowest BCUT2D eigenvalue weighted by Crippen LogP contribution is -2.47. The molecule has 0 saturated carbocycles. The van der Waals surface area contributed by atoms with Crippen LogP contribution in [0.25, 0.3) is 0 Å². The van der Waals surface area contributed by atoms with Gasteiger partial charge in [-0.1, -0.05) is 34.1 Å². The fourth-order valence-electron chi connectivity index (χ4n) is 3.35. The standard InChI is InChI=1S/C18H14BrFN2O3/c19-12-5-6-14(20)11(9-12)10-22-16(23)18(21-17(22)24)7-8-25-15-4-2-1-3-13(15)18/h1-6,9H,7-8,10H2,(H,21,24). The summed E-state index contributed by atoms with van der Waals surface area (Å²) in [5, 5.41) is 2.80. The average Bonchev–Trinajstić information content (AvgIpc) is 2.83. The smallest absolute Gasteiger partial charge is 0.325 e. The quantitative estimate of drug-likeness (QED) is 0.781. The first-order valence-electron chi connectivity index (χ1n) is 7.81. The molecular weight excluding hydrogens is 391 g/mol. The lowest BCUT2D eigenvalue weighted by Gasteiger charge is -2.33. The van der Waals surface area contributed by atoms with Crippen LogP contribution in [-0.2, 0) is 16.9 Å². The molecule has 2 aromatic rings. The Labute approximate surface area is 151 Å². The molecule has 4 rings (SSSR count). The second-order valence-electron chi connectivity index (χ2n) is 6.06. The molecule has 1 spiro atoms. The second kappa shape index (κ2) is 5.84. The fraction of sp³-hybridized carbons (Fsp3) is 0.222. The zero-order valence-electron chi connectivity index (χ0n) is 13.1. The molecule has 3 amide bonds. The lowest BCUT2D eigenvalue weighted by atomic mass is 9.84.